The van der Waals surface area contributed by atoms with Crippen molar-refractivity contribution in [3.63, 3.8) is 0 Å². The van der Waals surface area contributed by atoms with Gasteiger partial charge in [-0.15, -0.1) is 0 Å². The summed E-state index contributed by atoms with van der Waals surface area (Å²) in [4.78, 5) is 21.6. The van der Waals surface area contributed by atoms with Crippen LogP contribution < -0.4 is 10.2 Å². The summed E-state index contributed by atoms with van der Waals surface area (Å²) in [5.41, 5.74) is 3.85. The highest BCUT2D eigenvalue weighted by Crippen LogP contribution is 2.20. The molecule has 7 heteroatoms. The highest BCUT2D eigenvalue weighted by Gasteiger charge is 2.19. The molecule has 35 heavy (non-hydrogen) atoms. The number of halogens is 1. The third-order valence-corrected chi connectivity index (χ3v) is 6.44. The minimum atomic E-state index is -0.180. The molecule has 0 radical (unpaired) electrons. The van der Waals surface area contributed by atoms with Crippen molar-refractivity contribution in [3.05, 3.63) is 95.6 Å². The van der Waals surface area contributed by atoms with E-state index in [-0.39, 0.29) is 11.7 Å². The summed E-state index contributed by atoms with van der Waals surface area (Å²) in [6.07, 6.45) is 1.57. The molecule has 0 saturated carbocycles. The zero-order chi connectivity index (χ0) is 24.0. The summed E-state index contributed by atoms with van der Waals surface area (Å²) < 4.78 is 19.9. The summed E-state index contributed by atoms with van der Waals surface area (Å²) in [5.74, 6) is 0.371. The van der Waals surface area contributed by atoms with Gasteiger partial charge in [-0.25, -0.2) is 9.37 Å². The number of aromatic nitrogens is 1. The Bertz CT molecular complexity index is 1280. The van der Waals surface area contributed by atoms with Crippen LogP contribution in [0.25, 0.3) is 11.1 Å². The van der Waals surface area contributed by atoms with Crippen LogP contribution in [0.5, 0.6) is 0 Å². The first-order valence-corrected chi connectivity index (χ1v) is 12.1. The second-order valence-electron chi connectivity index (χ2n) is 8.81. The molecular weight excluding hydrogens is 443 g/mol. The van der Waals surface area contributed by atoms with Crippen molar-refractivity contribution in [2.75, 3.05) is 44.2 Å². The minimum Gasteiger partial charge on any atom is -0.441 e. The lowest BCUT2D eigenvalue weighted by Crippen LogP contribution is -2.48. The van der Waals surface area contributed by atoms with Crippen molar-refractivity contribution in [3.8, 4) is 0 Å². The van der Waals surface area contributed by atoms with Crippen LogP contribution in [-0.2, 0) is 12.8 Å². The number of rotatable bonds is 8. The number of oxazole rings is 1. The number of aryl methyl sites for hydroxylation is 2. The fourth-order valence-corrected chi connectivity index (χ4v) is 4.47. The maximum atomic E-state index is 14.0. The topological polar surface area (TPSA) is 61.6 Å². The lowest BCUT2D eigenvalue weighted by atomic mass is 10.1. The van der Waals surface area contributed by atoms with Gasteiger partial charge in [-0.1, -0.05) is 42.5 Å². The summed E-state index contributed by atoms with van der Waals surface area (Å²) in [5, 5.41) is 3.00. The molecule has 0 aliphatic carbocycles. The zero-order valence-electron chi connectivity index (χ0n) is 19.6. The average molecular weight is 473 g/mol. The minimum absolute atomic E-state index is 0.126. The molecule has 0 unspecified atom stereocenters. The molecule has 6 nitrogen and oxygen atoms in total. The van der Waals surface area contributed by atoms with E-state index < -0.39 is 0 Å². The lowest BCUT2D eigenvalue weighted by molar-refractivity contribution is 0.0947. The van der Waals surface area contributed by atoms with E-state index in [1.807, 2.05) is 36.4 Å². The molecule has 5 rings (SSSR count). The molecule has 2 heterocycles. The molecule has 4 aromatic rings. The molecule has 0 spiro atoms. The molecule has 1 fully saturated rings. The number of fused-ring (bicyclic) bond motifs is 1. The lowest BCUT2D eigenvalue weighted by Gasteiger charge is -2.36. The summed E-state index contributed by atoms with van der Waals surface area (Å²) in [6, 6.07) is 22.5. The molecule has 0 atom stereocenters. The second kappa shape index (κ2) is 10.7. The van der Waals surface area contributed by atoms with Gasteiger partial charge in [0.05, 0.1) is 5.69 Å². The number of piperazine rings is 1. The normalized spacial score (nSPS) is 14.4. The number of nitrogens with zero attached hydrogens (tertiary/aromatic N) is 3. The molecular formula is C28H29FN4O2. The number of carbonyl (C=O) groups is 1. The van der Waals surface area contributed by atoms with Crippen molar-refractivity contribution in [1.29, 1.82) is 0 Å². The van der Waals surface area contributed by atoms with E-state index in [0.717, 1.165) is 44.7 Å². The Labute approximate surface area is 204 Å². The van der Waals surface area contributed by atoms with Crippen molar-refractivity contribution in [2.24, 2.45) is 0 Å². The van der Waals surface area contributed by atoms with Crippen LogP contribution in [0.1, 0.15) is 21.8 Å². The molecule has 180 valence electrons. The van der Waals surface area contributed by atoms with Crippen molar-refractivity contribution < 1.29 is 13.6 Å². The van der Waals surface area contributed by atoms with Crippen LogP contribution in [0.15, 0.2) is 77.2 Å². The number of benzene rings is 3. The average Bonchev–Trinajstić information content (AvgIpc) is 3.31. The largest absolute Gasteiger partial charge is 0.441 e. The summed E-state index contributed by atoms with van der Waals surface area (Å²) >= 11 is 0. The van der Waals surface area contributed by atoms with Gasteiger partial charge in [0.15, 0.2) is 11.5 Å². The van der Waals surface area contributed by atoms with Gasteiger partial charge in [0.1, 0.15) is 11.3 Å². The van der Waals surface area contributed by atoms with Crippen LogP contribution in [-0.4, -0.2) is 55.1 Å². The first-order chi connectivity index (χ1) is 17.2. The van der Waals surface area contributed by atoms with Crippen LogP contribution >= 0.6 is 0 Å². The Morgan fingerprint density at radius 3 is 2.51 bits per heavy atom. The Balaban J connectivity index is 1.09. The fraction of sp³-hybridized carbons (Fsp3) is 0.286. The number of nitrogens with one attached hydrogen (secondary N) is 1. The quantitative estimate of drug-likeness (QED) is 0.414. The van der Waals surface area contributed by atoms with Gasteiger partial charge in [0.2, 0.25) is 0 Å². The number of carbonyl (C=O) groups excluding carboxylic acids is 1. The van der Waals surface area contributed by atoms with Crippen LogP contribution in [0, 0.1) is 5.82 Å². The van der Waals surface area contributed by atoms with Crippen LogP contribution in [0.2, 0.25) is 0 Å². The van der Waals surface area contributed by atoms with Crippen LogP contribution in [0.3, 0.4) is 0 Å². The van der Waals surface area contributed by atoms with E-state index in [4.69, 9.17) is 4.42 Å². The zero-order valence-corrected chi connectivity index (χ0v) is 19.6. The van der Waals surface area contributed by atoms with Crippen molar-refractivity contribution in [2.45, 2.75) is 12.8 Å². The fourth-order valence-electron chi connectivity index (χ4n) is 4.47. The van der Waals surface area contributed by atoms with Gasteiger partial charge in [0.25, 0.3) is 5.91 Å². The molecule has 1 aromatic heterocycles. The molecule has 1 aliphatic heterocycles. The predicted molar refractivity (Wildman–Crippen MR) is 135 cm³/mol. The second-order valence-corrected chi connectivity index (χ2v) is 8.81. The molecule has 0 bridgehead atoms. The van der Waals surface area contributed by atoms with E-state index in [1.165, 1.54) is 11.6 Å². The number of hydrogen-bond donors (Lipinski definition) is 1. The molecule has 1 aliphatic rings. The Hall–Kier alpha value is -3.71. The standard InChI is InChI=1S/C28H29FN4O2/c29-23-8-4-5-9-25(23)33-18-16-32(17-19-33)15-14-30-28(34)22-11-12-24-26(20-22)35-27(31-24)13-10-21-6-2-1-3-7-21/h1-9,11-12,20H,10,13-19H2,(H,30,34). The number of anilines is 1. The Morgan fingerprint density at radius 2 is 1.71 bits per heavy atom. The Morgan fingerprint density at radius 1 is 0.943 bits per heavy atom. The van der Waals surface area contributed by atoms with E-state index in [1.54, 1.807) is 18.2 Å². The smallest absolute Gasteiger partial charge is 0.251 e. The monoisotopic (exact) mass is 472 g/mol. The SMILES string of the molecule is O=C(NCCN1CCN(c2ccccc2F)CC1)c1ccc2nc(CCc3ccccc3)oc2c1. The van der Waals surface area contributed by atoms with Crippen molar-refractivity contribution >= 4 is 22.7 Å². The van der Waals surface area contributed by atoms with E-state index in [2.05, 4.69) is 32.2 Å². The Kier molecular flexibility index (Phi) is 7.04. The van der Waals surface area contributed by atoms with Gasteiger partial charge in [-0.2, -0.15) is 0 Å². The molecule has 3 aromatic carbocycles. The maximum Gasteiger partial charge on any atom is 0.251 e. The van der Waals surface area contributed by atoms with E-state index in [0.29, 0.717) is 35.7 Å². The third-order valence-electron chi connectivity index (χ3n) is 6.44. The highest BCUT2D eigenvalue weighted by atomic mass is 19.1. The number of hydrogen-bond acceptors (Lipinski definition) is 5. The summed E-state index contributed by atoms with van der Waals surface area (Å²) in [7, 11) is 0. The van der Waals surface area contributed by atoms with Crippen LogP contribution in [0.4, 0.5) is 10.1 Å². The highest BCUT2D eigenvalue weighted by molar-refractivity contribution is 5.97. The van der Waals surface area contributed by atoms with E-state index >= 15 is 0 Å². The maximum absolute atomic E-state index is 14.0. The molecule has 1 saturated heterocycles. The van der Waals surface area contributed by atoms with Gasteiger partial charge < -0.3 is 14.6 Å². The van der Waals surface area contributed by atoms with Crippen molar-refractivity contribution in [1.82, 2.24) is 15.2 Å². The number of para-hydroxylation sites is 1. The first kappa shape index (κ1) is 23.1. The predicted octanol–water partition coefficient (Wildman–Crippen LogP) is 4.30. The third kappa shape index (κ3) is 5.69. The van der Waals surface area contributed by atoms with E-state index in [9.17, 15) is 9.18 Å². The first-order valence-electron chi connectivity index (χ1n) is 12.1. The number of amides is 1. The van der Waals surface area contributed by atoms with Gasteiger partial charge >= 0.3 is 0 Å². The van der Waals surface area contributed by atoms with Gasteiger partial charge in [-0.05, 0) is 42.3 Å². The molecule has 1 amide bonds. The van der Waals surface area contributed by atoms with Gasteiger partial charge in [0, 0.05) is 51.3 Å². The van der Waals surface area contributed by atoms with Gasteiger partial charge in [-0.3, -0.25) is 9.69 Å². The molecule has 1 N–H and O–H groups in total. The summed E-state index contributed by atoms with van der Waals surface area (Å²) in [6.45, 7) is 4.51.